The molecule has 0 radical (unpaired) electrons. The zero-order valence-corrected chi connectivity index (χ0v) is 9.56. The van der Waals surface area contributed by atoms with Crippen molar-refractivity contribution < 1.29 is 14.7 Å². The van der Waals surface area contributed by atoms with Crippen LogP contribution in [0.25, 0.3) is 0 Å². The van der Waals surface area contributed by atoms with Crippen molar-refractivity contribution in [1.29, 1.82) is 0 Å². The fraction of sp³-hybridized carbons (Fsp3) is 0.385. The lowest BCUT2D eigenvalue weighted by Crippen LogP contribution is -2.35. The van der Waals surface area contributed by atoms with Crippen molar-refractivity contribution in [1.82, 2.24) is 0 Å². The van der Waals surface area contributed by atoms with Gasteiger partial charge in [-0.3, -0.25) is 9.59 Å². The maximum absolute atomic E-state index is 11.3. The van der Waals surface area contributed by atoms with Crippen LogP contribution >= 0.6 is 0 Å². The van der Waals surface area contributed by atoms with E-state index in [0.717, 1.165) is 5.56 Å². The molecule has 0 saturated carbocycles. The molecule has 0 bridgehead atoms. The summed E-state index contributed by atoms with van der Waals surface area (Å²) in [5.41, 5.74) is -0.216. The van der Waals surface area contributed by atoms with Gasteiger partial charge in [0.15, 0.2) is 0 Å². The monoisotopic (exact) mass is 220 g/mol. The number of benzene rings is 1. The van der Waals surface area contributed by atoms with Crippen LogP contribution in [0, 0.1) is 5.41 Å². The van der Waals surface area contributed by atoms with Crippen molar-refractivity contribution >= 4 is 11.8 Å². The van der Waals surface area contributed by atoms with Crippen molar-refractivity contribution in [2.24, 2.45) is 5.41 Å². The smallest absolute Gasteiger partial charge is 0.316 e. The fourth-order valence-corrected chi connectivity index (χ4v) is 1.47. The lowest BCUT2D eigenvalue weighted by molar-refractivity contribution is -0.153. The number of carbonyl (C=O) groups excluding carboxylic acids is 1. The summed E-state index contributed by atoms with van der Waals surface area (Å²) in [5, 5.41) is 9.06. The maximum atomic E-state index is 11.3. The Kier molecular flexibility index (Phi) is 3.82. The highest BCUT2D eigenvalue weighted by molar-refractivity contribution is 6.01. The molecule has 1 aromatic carbocycles. The van der Waals surface area contributed by atoms with Crippen LogP contribution in [0.4, 0.5) is 0 Å². The van der Waals surface area contributed by atoms with Crippen LogP contribution in [0.2, 0.25) is 0 Å². The predicted octanol–water partition coefficient (Wildman–Crippen LogP) is 2.30. The molecule has 3 nitrogen and oxygen atoms in total. The Bertz CT molecular complexity index is 367. The Balaban J connectivity index is 2.72. The predicted molar refractivity (Wildman–Crippen MR) is 61.2 cm³/mol. The normalized spacial score (nSPS) is 14.1. The van der Waals surface area contributed by atoms with E-state index in [2.05, 4.69) is 0 Å². The zero-order valence-electron chi connectivity index (χ0n) is 9.56. The molecular formula is C13H16O3. The van der Waals surface area contributed by atoms with Crippen molar-refractivity contribution in [3.8, 4) is 0 Å². The Morgan fingerprint density at radius 1 is 1.25 bits per heavy atom. The minimum absolute atomic E-state index is 0.295. The molecule has 86 valence electrons. The maximum Gasteiger partial charge on any atom is 0.316 e. The number of hydrogen-bond acceptors (Lipinski definition) is 2. The molecule has 0 fully saturated rings. The second-order valence-electron chi connectivity index (χ2n) is 4.18. The first kappa shape index (κ1) is 12.4. The lowest BCUT2D eigenvalue weighted by Gasteiger charge is -2.21. The summed E-state index contributed by atoms with van der Waals surface area (Å²) in [7, 11) is 0. The van der Waals surface area contributed by atoms with Crippen LogP contribution in [-0.4, -0.2) is 16.9 Å². The molecule has 1 unspecified atom stereocenters. The van der Waals surface area contributed by atoms with E-state index >= 15 is 0 Å². The number of rotatable bonds is 5. The van der Waals surface area contributed by atoms with Gasteiger partial charge in [0.05, 0.1) is 0 Å². The number of carboxylic acid groups (broad SMARTS) is 1. The van der Waals surface area contributed by atoms with E-state index in [0.29, 0.717) is 12.8 Å². The first-order valence-electron chi connectivity index (χ1n) is 5.25. The molecular weight excluding hydrogens is 204 g/mol. The summed E-state index contributed by atoms with van der Waals surface area (Å²) in [6.07, 6.45) is 0.935. The topological polar surface area (TPSA) is 54.4 Å². The number of aryl methyl sites for hydroxylation is 1. The molecule has 1 N–H and O–H groups in total. The third-order valence-electron chi connectivity index (χ3n) is 3.01. The number of carbonyl (C=O) groups is 2. The average Bonchev–Trinajstić information content (AvgIpc) is 2.26. The minimum Gasteiger partial charge on any atom is -0.481 e. The second kappa shape index (κ2) is 4.92. The van der Waals surface area contributed by atoms with E-state index in [1.165, 1.54) is 13.8 Å². The molecule has 16 heavy (non-hydrogen) atoms. The highest BCUT2D eigenvalue weighted by Gasteiger charge is 2.37. The van der Waals surface area contributed by atoms with E-state index in [-0.39, 0.29) is 5.78 Å². The van der Waals surface area contributed by atoms with Gasteiger partial charge in [0, 0.05) is 0 Å². The average molecular weight is 220 g/mol. The molecule has 1 aromatic rings. The third kappa shape index (κ3) is 2.69. The number of Topliss-reactive ketones (excluding diaryl/α,β-unsaturated/α-hetero) is 1. The van der Waals surface area contributed by atoms with Crippen LogP contribution in [0.1, 0.15) is 25.8 Å². The van der Waals surface area contributed by atoms with Crippen molar-refractivity contribution in [2.75, 3.05) is 0 Å². The summed E-state index contributed by atoms with van der Waals surface area (Å²) < 4.78 is 0. The van der Waals surface area contributed by atoms with Gasteiger partial charge in [-0.1, -0.05) is 30.3 Å². The molecule has 0 aliphatic carbocycles. The zero-order chi connectivity index (χ0) is 12.2. The molecule has 0 amide bonds. The Hall–Kier alpha value is -1.64. The Morgan fingerprint density at radius 3 is 2.25 bits per heavy atom. The van der Waals surface area contributed by atoms with Gasteiger partial charge in [0.1, 0.15) is 11.2 Å². The molecule has 0 saturated heterocycles. The van der Waals surface area contributed by atoms with E-state index in [1.807, 2.05) is 30.3 Å². The first-order chi connectivity index (χ1) is 7.47. The number of carboxylic acids is 1. The van der Waals surface area contributed by atoms with E-state index in [1.54, 1.807) is 0 Å². The number of ketones is 1. The van der Waals surface area contributed by atoms with Gasteiger partial charge in [-0.05, 0) is 32.3 Å². The Labute approximate surface area is 95.1 Å². The van der Waals surface area contributed by atoms with Crippen LogP contribution < -0.4 is 0 Å². The fourth-order valence-electron chi connectivity index (χ4n) is 1.47. The second-order valence-corrected chi connectivity index (χ2v) is 4.18. The summed E-state index contributed by atoms with van der Waals surface area (Å²) in [5.74, 6) is -1.34. The Morgan fingerprint density at radius 2 is 1.81 bits per heavy atom. The van der Waals surface area contributed by atoms with Gasteiger partial charge in [-0.2, -0.15) is 0 Å². The SMILES string of the molecule is CC(=O)C(C)(CCc1ccccc1)C(=O)O. The van der Waals surface area contributed by atoms with Gasteiger partial charge in [0.2, 0.25) is 0 Å². The summed E-state index contributed by atoms with van der Waals surface area (Å²) in [4.78, 5) is 22.4. The molecule has 0 aliphatic heterocycles. The van der Waals surface area contributed by atoms with Crippen molar-refractivity contribution in [3.63, 3.8) is 0 Å². The van der Waals surface area contributed by atoms with E-state index < -0.39 is 11.4 Å². The van der Waals surface area contributed by atoms with Crippen molar-refractivity contribution in [3.05, 3.63) is 35.9 Å². The van der Waals surface area contributed by atoms with Gasteiger partial charge >= 0.3 is 5.97 Å². The van der Waals surface area contributed by atoms with Gasteiger partial charge in [-0.25, -0.2) is 0 Å². The van der Waals surface area contributed by atoms with Crippen LogP contribution in [-0.2, 0) is 16.0 Å². The molecule has 0 spiro atoms. The summed E-state index contributed by atoms with van der Waals surface area (Å²) in [6, 6.07) is 9.58. The number of aliphatic carboxylic acids is 1. The quantitative estimate of drug-likeness (QED) is 0.774. The highest BCUT2D eigenvalue weighted by atomic mass is 16.4. The summed E-state index contributed by atoms with van der Waals surface area (Å²) >= 11 is 0. The molecule has 1 rings (SSSR count). The molecule has 1 atom stereocenters. The van der Waals surface area contributed by atoms with E-state index in [4.69, 9.17) is 5.11 Å². The van der Waals surface area contributed by atoms with Crippen LogP contribution in [0.5, 0.6) is 0 Å². The third-order valence-corrected chi connectivity index (χ3v) is 3.01. The van der Waals surface area contributed by atoms with E-state index in [9.17, 15) is 9.59 Å². The van der Waals surface area contributed by atoms with Gasteiger partial charge in [0.25, 0.3) is 0 Å². The summed E-state index contributed by atoms with van der Waals surface area (Å²) in [6.45, 7) is 2.82. The largest absolute Gasteiger partial charge is 0.481 e. The standard InChI is InChI=1S/C13H16O3/c1-10(14)13(2,12(15)16)9-8-11-6-4-3-5-7-11/h3-7H,8-9H2,1-2H3,(H,15,16). The van der Waals surface area contributed by atoms with Gasteiger partial charge in [-0.15, -0.1) is 0 Å². The van der Waals surface area contributed by atoms with Gasteiger partial charge < -0.3 is 5.11 Å². The minimum atomic E-state index is -1.27. The molecule has 0 heterocycles. The number of hydrogen-bond donors (Lipinski definition) is 1. The molecule has 0 aliphatic rings. The molecule has 3 heteroatoms. The van der Waals surface area contributed by atoms with Crippen LogP contribution in [0.3, 0.4) is 0 Å². The highest BCUT2D eigenvalue weighted by Crippen LogP contribution is 2.25. The molecule has 0 aromatic heterocycles. The first-order valence-corrected chi connectivity index (χ1v) is 5.25. The van der Waals surface area contributed by atoms with Crippen LogP contribution in [0.15, 0.2) is 30.3 Å². The van der Waals surface area contributed by atoms with Crippen molar-refractivity contribution in [2.45, 2.75) is 26.7 Å². The lowest BCUT2D eigenvalue weighted by atomic mass is 9.81.